The summed E-state index contributed by atoms with van der Waals surface area (Å²) in [5.41, 5.74) is 3.13. The predicted molar refractivity (Wildman–Crippen MR) is 97.7 cm³/mol. The van der Waals surface area contributed by atoms with Crippen molar-refractivity contribution in [2.75, 3.05) is 7.05 Å². The molecule has 0 spiro atoms. The first-order valence-corrected chi connectivity index (χ1v) is 8.47. The van der Waals surface area contributed by atoms with Crippen molar-refractivity contribution in [2.24, 2.45) is 0 Å². The van der Waals surface area contributed by atoms with Crippen LogP contribution in [0.1, 0.15) is 59.5 Å². The summed E-state index contributed by atoms with van der Waals surface area (Å²) >= 11 is 0. The molecule has 0 saturated carbocycles. The molecule has 0 atom stereocenters. The van der Waals surface area contributed by atoms with Crippen LogP contribution in [0.4, 0.5) is 5.69 Å². The molecule has 3 nitrogen and oxygen atoms in total. The van der Waals surface area contributed by atoms with Crippen LogP contribution in [-0.4, -0.2) is 30.7 Å². The van der Waals surface area contributed by atoms with Gasteiger partial charge in [0.15, 0.2) is 11.6 Å². The number of nitrogens with zero attached hydrogens (tertiary/aromatic N) is 1. The Labute approximate surface area is 143 Å². The second-order valence-corrected chi connectivity index (χ2v) is 7.27. The van der Waals surface area contributed by atoms with Gasteiger partial charge in [-0.3, -0.25) is 14.1 Å². The number of hydrogen-bond donors (Lipinski definition) is 0. The molecule has 0 fully saturated rings. The van der Waals surface area contributed by atoms with E-state index in [2.05, 4.69) is 34.7 Å². The quantitative estimate of drug-likeness (QED) is 0.677. The number of benzene rings is 2. The monoisotopic (exact) mass is 322 g/mol. The Morgan fingerprint density at radius 1 is 0.708 bits per heavy atom. The molecule has 0 radical (unpaired) electrons. The first-order chi connectivity index (χ1) is 11.3. The second kappa shape index (κ2) is 5.67. The topological polar surface area (TPSA) is 34.1 Å². The first-order valence-electron chi connectivity index (χ1n) is 8.47. The lowest BCUT2D eigenvalue weighted by atomic mass is 9.83. The standard InChI is InChI=1S/C21H24NO2/c1-13(2)22(5,14(3)4)15-10-11-18-19(12-15)21(24)17-9-7-6-8-16(17)20(18)23/h6-14H,1-5H3/q+1. The average Bonchev–Trinajstić information content (AvgIpc) is 2.58. The molecule has 0 heterocycles. The van der Waals surface area contributed by atoms with Crippen LogP contribution in [0.2, 0.25) is 0 Å². The number of ketones is 2. The van der Waals surface area contributed by atoms with E-state index in [4.69, 9.17) is 0 Å². The average molecular weight is 322 g/mol. The van der Waals surface area contributed by atoms with E-state index in [1.165, 1.54) is 0 Å². The predicted octanol–water partition coefficient (Wildman–Crippen LogP) is 4.22. The van der Waals surface area contributed by atoms with Crippen molar-refractivity contribution in [3.05, 3.63) is 64.7 Å². The Morgan fingerprint density at radius 2 is 1.17 bits per heavy atom. The fourth-order valence-corrected chi connectivity index (χ4v) is 3.58. The van der Waals surface area contributed by atoms with Crippen LogP contribution in [0.5, 0.6) is 0 Å². The molecule has 1 aliphatic rings. The van der Waals surface area contributed by atoms with E-state index in [1.807, 2.05) is 18.2 Å². The van der Waals surface area contributed by atoms with Gasteiger partial charge in [-0.2, -0.15) is 0 Å². The molecular formula is C21H24NO2+. The van der Waals surface area contributed by atoms with E-state index in [1.54, 1.807) is 24.3 Å². The van der Waals surface area contributed by atoms with Gasteiger partial charge in [0.2, 0.25) is 0 Å². The zero-order chi connectivity index (χ0) is 17.6. The summed E-state index contributed by atoms with van der Waals surface area (Å²) in [5.74, 6) is -0.115. The Bertz CT molecular complexity index is 825. The van der Waals surface area contributed by atoms with Crippen molar-refractivity contribution in [1.82, 2.24) is 4.48 Å². The van der Waals surface area contributed by atoms with Gasteiger partial charge in [-0.25, -0.2) is 0 Å². The highest BCUT2D eigenvalue weighted by Crippen LogP contribution is 2.34. The summed E-state index contributed by atoms with van der Waals surface area (Å²) in [6, 6.07) is 13.6. The van der Waals surface area contributed by atoms with Gasteiger partial charge in [0.05, 0.1) is 19.1 Å². The highest BCUT2D eigenvalue weighted by atomic mass is 16.1. The molecular weight excluding hydrogens is 298 g/mol. The summed E-state index contributed by atoms with van der Waals surface area (Å²) in [4.78, 5) is 25.6. The molecule has 0 saturated heterocycles. The fraction of sp³-hybridized carbons (Fsp3) is 0.333. The maximum atomic E-state index is 12.9. The van der Waals surface area contributed by atoms with Crippen molar-refractivity contribution in [1.29, 1.82) is 0 Å². The normalized spacial score (nSPS) is 14.1. The van der Waals surface area contributed by atoms with Crippen LogP contribution in [0.25, 0.3) is 0 Å². The lowest BCUT2D eigenvalue weighted by molar-refractivity contribution is 0.0978. The van der Waals surface area contributed by atoms with Crippen molar-refractivity contribution < 1.29 is 9.59 Å². The smallest absolute Gasteiger partial charge is 0.194 e. The van der Waals surface area contributed by atoms with Crippen molar-refractivity contribution in [3.8, 4) is 0 Å². The minimum absolute atomic E-state index is 0.0545. The molecule has 124 valence electrons. The third-order valence-corrected chi connectivity index (χ3v) is 5.61. The molecule has 0 amide bonds. The summed E-state index contributed by atoms with van der Waals surface area (Å²) in [6.45, 7) is 8.73. The summed E-state index contributed by atoms with van der Waals surface area (Å²) in [6.07, 6.45) is 0. The van der Waals surface area contributed by atoms with Gasteiger partial charge in [-0.15, -0.1) is 0 Å². The van der Waals surface area contributed by atoms with Crippen molar-refractivity contribution >= 4 is 17.3 Å². The van der Waals surface area contributed by atoms with Gasteiger partial charge in [-0.1, -0.05) is 24.3 Å². The third kappa shape index (κ3) is 2.23. The maximum absolute atomic E-state index is 12.9. The SMILES string of the molecule is CC(C)[N+](C)(c1ccc2c(c1)C(=O)c1ccccc1C2=O)C(C)C. The van der Waals surface area contributed by atoms with E-state index in [-0.39, 0.29) is 11.6 Å². The Hall–Kier alpha value is -2.26. The van der Waals surface area contributed by atoms with Crippen LogP contribution >= 0.6 is 0 Å². The van der Waals surface area contributed by atoms with Gasteiger partial charge in [0, 0.05) is 28.3 Å². The van der Waals surface area contributed by atoms with Crippen LogP contribution < -0.4 is 4.48 Å². The van der Waals surface area contributed by atoms with Gasteiger partial charge in [0.25, 0.3) is 0 Å². The number of carbonyl (C=O) groups excluding carboxylic acids is 2. The van der Waals surface area contributed by atoms with Crippen molar-refractivity contribution in [3.63, 3.8) is 0 Å². The molecule has 2 aromatic carbocycles. The summed E-state index contributed by atoms with van der Waals surface area (Å²) in [7, 11) is 2.18. The lowest BCUT2D eigenvalue weighted by Crippen LogP contribution is -2.56. The minimum Gasteiger partial charge on any atom is -0.290 e. The highest BCUT2D eigenvalue weighted by Gasteiger charge is 2.36. The van der Waals surface area contributed by atoms with Gasteiger partial charge >= 0.3 is 0 Å². The zero-order valence-electron chi connectivity index (χ0n) is 15.0. The van der Waals surface area contributed by atoms with Gasteiger partial charge < -0.3 is 0 Å². The minimum atomic E-state index is -0.0601. The molecule has 3 rings (SSSR count). The molecule has 3 heteroatoms. The Balaban J connectivity index is 2.19. The number of quaternary nitrogens is 1. The Morgan fingerprint density at radius 3 is 1.67 bits per heavy atom. The van der Waals surface area contributed by atoms with Gasteiger partial charge in [-0.05, 0) is 39.8 Å². The molecule has 0 bridgehead atoms. The number of fused-ring (bicyclic) bond motifs is 2. The molecule has 1 aliphatic carbocycles. The maximum Gasteiger partial charge on any atom is 0.194 e. The molecule has 0 N–H and O–H groups in total. The summed E-state index contributed by atoms with van der Waals surface area (Å²) in [5, 5.41) is 0. The molecule has 0 unspecified atom stereocenters. The van der Waals surface area contributed by atoms with E-state index in [0.717, 1.165) is 10.2 Å². The number of rotatable bonds is 3. The lowest BCUT2D eigenvalue weighted by Gasteiger charge is -2.42. The van der Waals surface area contributed by atoms with E-state index in [0.29, 0.717) is 34.3 Å². The van der Waals surface area contributed by atoms with Gasteiger partial charge in [0.1, 0.15) is 5.69 Å². The van der Waals surface area contributed by atoms with E-state index < -0.39 is 0 Å². The Kier molecular flexibility index (Phi) is 3.92. The zero-order valence-corrected chi connectivity index (χ0v) is 15.0. The second-order valence-electron chi connectivity index (χ2n) is 7.27. The van der Waals surface area contributed by atoms with Crippen LogP contribution in [0.3, 0.4) is 0 Å². The molecule has 24 heavy (non-hydrogen) atoms. The fourth-order valence-electron chi connectivity index (χ4n) is 3.58. The van der Waals surface area contributed by atoms with E-state index in [9.17, 15) is 9.59 Å². The van der Waals surface area contributed by atoms with Crippen LogP contribution in [0, 0.1) is 0 Å². The highest BCUT2D eigenvalue weighted by molar-refractivity contribution is 6.28. The van der Waals surface area contributed by atoms with Crippen LogP contribution in [-0.2, 0) is 0 Å². The van der Waals surface area contributed by atoms with Crippen molar-refractivity contribution in [2.45, 2.75) is 39.8 Å². The number of hydrogen-bond acceptors (Lipinski definition) is 2. The first kappa shape index (κ1) is 16.6. The van der Waals surface area contributed by atoms with Crippen LogP contribution in [0.15, 0.2) is 42.5 Å². The third-order valence-electron chi connectivity index (χ3n) is 5.61. The summed E-state index contributed by atoms with van der Waals surface area (Å²) < 4.78 is 0.719. The van der Waals surface area contributed by atoms with E-state index >= 15 is 0 Å². The molecule has 0 aromatic heterocycles. The molecule has 0 aliphatic heterocycles. The molecule has 2 aromatic rings. The largest absolute Gasteiger partial charge is 0.290 e. The number of carbonyl (C=O) groups is 2.